The van der Waals surface area contributed by atoms with Gasteiger partial charge in [-0.3, -0.25) is 0 Å². The lowest BCUT2D eigenvalue weighted by molar-refractivity contribution is -0.633. The Kier molecular flexibility index (Phi) is 5.03. The lowest BCUT2D eigenvalue weighted by Gasteiger charge is -2.27. The maximum Gasteiger partial charge on any atom is 0.394 e. The van der Waals surface area contributed by atoms with Crippen LogP contribution in [0.2, 0.25) is 0 Å². The molecule has 0 N–H and O–H groups in total. The Labute approximate surface area is 164 Å². The highest BCUT2D eigenvalue weighted by Gasteiger charge is 2.47. The summed E-state index contributed by atoms with van der Waals surface area (Å²) in [5.41, 5.74) is 5.73. The lowest BCUT2D eigenvalue weighted by Crippen LogP contribution is -2.35. The number of rotatable bonds is 3. The molecule has 1 aromatic heterocycles. The molecule has 0 atom stereocenters. The molecule has 4 heteroatoms. The smallest absolute Gasteiger partial charge is 0.194 e. The van der Waals surface area contributed by atoms with Crippen molar-refractivity contribution in [3.05, 3.63) is 64.7 Å². The van der Waals surface area contributed by atoms with Crippen LogP contribution >= 0.6 is 0 Å². The first-order valence-electron chi connectivity index (χ1n) is 9.47. The van der Waals surface area contributed by atoms with Crippen LogP contribution in [-0.4, -0.2) is 6.18 Å². The number of nitrogens with zero attached hydrogens (tertiary/aromatic N) is 1. The average molecular weight is 386 g/mol. The van der Waals surface area contributed by atoms with E-state index in [2.05, 4.69) is 43.5 Å². The van der Waals surface area contributed by atoms with Gasteiger partial charge in [0.15, 0.2) is 0 Å². The van der Waals surface area contributed by atoms with Crippen molar-refractivity contribution >= 4 is 10.9 Å². The molecule has 0 aliphatic carbocycles. The minimum absolute atomic E-state index is 0.0424. The molecule has 1 heterocycles. The predicted octanol–water partition coefficient (Wildman–Crippen LogP) is 6.39. The number of alkyl halides is 3. The molecule has 3 rings (SSSR count). The van der Waals surface area contributed by atoms with Crippen molar-refractivity contribution in [1.29, 1.82) is 0 Å². The Morgan fingerprint density at radius 1 is 0.893 bits per heavy atom. The summed E-state index contributed by atoms with van der Waals surface area (Å²) in [4.78, 5) is 0. The van der Waals surface area contributed by atoms with E-state index in [1.807, 2.05) is 25.2 Å². The Morgan fingerprint density at radius 2 is 1.54 bits per heavy atom. The van der Waals surface area contributed by atoms with Crippen LogP contribution in [0.1, 0.15) is 36.1 Å². The van der Waals surface area contributed by atoms with Gasteiger partial charge in [0.2, 0.25) is 11.2 Å². The van der Waals surface area contributed by atoms with E-state index in [4.69, 9.17) is 0 Å². The van der Waals surface area contributed by atoms with Crippen LogP contribution in [0.5, 0.6) is 0 Å². The van der Waals surface area contributed by atoms with Crippen molar-refractivity contribution in [2.45, 2.75) is 47.2 Å². The standard InChI is InChI=1S/C24H27F3N/c1-15-11-16(2)17(3)20(12-15)21-10-9-19-8-7-18(13-22(19)28(21)6)14-23(4,5)24(25,26)27/h7-13H,14H2,1-6H3/q+1. The molecule has 0 saturated carbocycles. The highest BCUT2D eigenvalue weighted by atomic mass is 19.4. The SMILES string of the molecule is Cc1cc(C)c(C)c(-c2ccc3ccc(CC(C)(C)C(F)(F)F)cc3[n+]2C)c1. The normalized spacial score (nSPS) is 12.6. The third-order valence-electron chi connectivity index (χ3n) is 5.74. The number of fused-ring (bicyclic) bond motifs is 1. The van der Waals surface area contributed by atoms with Gasteiger partial charge in [-0.25, -0.2) is 0 Å². The summed E-state index contributed by atoms with van der Waals surface area (Å²) in [6.07, 6.45) is -4.28. The van der Waals surface area contributed by atoms with Gasteiger partial charge in [-0.15, -0.1) is 0 Å². The highest BCUT2D eigenvalue weighted by molar-refractivity contribution is 5.79. The summed E-state index contributed by atoms with van der Waals surface area (Å²) in [5, 5.41) is 1.02. The molecule has 0 fully saturated rings. The fourth-order valence-corrected chi connectivity index (χ4v) is 3.73. The van der Waals surface area contributed by atoms with Gasteiger partial charge in [0.1, 0.15) is 7.05 Å². The monoisotopic (exact) mass is 386 g/mol. The fourth-order valence-electron chi connectivity index (χ4n) is 3.73. The molecule has 0 aliphatic rings. The molecular weight excluding hydrogens is 359 g/mol. The zero-order valence-electron chi connectivity index (χ0n) is 17.3. The number of halogens is 3. The first-order valence-corrected chi connectivity index (χ1v) is 9.47. The first kappa shape index (κ1) is 20.4. The van der Waals surface area contributed by atoms with Gasteiger partial charge in [-0.1, -0.05) is 31.5 Å². The van der Waals surface area contributed by atoms with Gasteiger partial charge < -0.3 is 0 Å². The van der Waals surface area contributed by atoms with Crippen LogP contribution in [0.25, 0.3) is 22.2 Å². The van der Waals surface area contributed by atoms with E-state index in [1.165, 1.54) is 30.5 Å². The van der Waals surface area contributed by atoms with E-state index in [0.717, 1.165) is 22.2 Å². The van der Waals surface area contributed by atoms with E-state index >= 15 is 0 Å². The average Bonchev–Trinajstić information content (AvgIpc) is 2.58. The van der Waals surface area contributed by atoms with Gasteiger partial charge in [0.25, 0.3) is 0 Å². The van der Waals surface area contributed by atoms with E-state index in [9.17, 15) is 13.2 Å². The summed E-state index contributed by atoms with van der Waals surface area (Å²) in [5.74, 6) is 0. The van der Waals surface area contributed by atoms with Gasteiger partial charge in [0, 0.05) is 23.1 Å². The summed E-state index contributed by atoms with van der Waals surface area (Å²) < 4.78 is 42.0. The molecule has 0 spiro atoms. The summed E-state index contributed by atoms with van der Waals surface area (Å²) in [6, 6.07) is 14.1. The van der Waals surface area contributed by atoms with Crippen LogP contribution < -0.4 is 4.57 Å². The maximum absolute atomic E-state index is 13.3. The molecule has 2 aromatic carbocycles. The van der Waals surface area contributed by atoms with Gasteiger partial charge >= 0.3 is 6.18 Å². The molecule has 0 saturated heterocycles. The Morgan fingerprint density at radius 3 is 2.18 bits per heavy atom. The van der Waals surface area contributed by atoms with Crippen molar-refractivity contribution < 1.29 is 17.7 Å². The second-order valence-electron chi connectivity index (χ2n) is 8.48. The van der Waals surface area contributed by atoms with Crippen LogP contribution in [0.15, 0.2) is 42.5 Å². The molecule has 0 aliphatic heterocycles. The molecular formula is C24H27F3N+. The van der Waals surface area contributed by atoms with E-state index < -0.39 is 11.6 Å². The number of aromatic nitrogens is 1. The van der Waals surface area contributed by atoms with Crippen LogP contribution in [-0.2, 0) is 13.5 Å². The Bertz CT molecular complexity index is 1050. The molecule has 148 valence electrons. The fraction of sp³-hybridized carbons (Fsp3) is 0.375. The molecule has 0 bridgehead atoms. The third-order valence-corrected chi connectivity index (χ3v) is 5.74. The van der Waals surface area contributed by atoms with Crippen molar-refractivity contribution in [2.75, 3.05) is 0 Å². The number of pyridine rings is 1. The lowest BCUT2D eigenvalue weighted by atomic mass is 9.85. The van der Waals surface area contributed by atoms with E-state index in [0.29, 0.717) is 5.56 Å². The topological polar surface area (TPSA) is 3.88 Å². The molecule has 3 aromatic rings. The molecule has 0 radical (unpaired) electrons. The quantitative estimate of drug-likeness (QED) is 0.459. The van der Waals surface area contributed by atoms with E-state index in [1.54, 1.807) is 6.07 Å². The first-order chi connectivity index (χ1) is 12.9. The minimum atomic E-state index is -4.23. The number of hydrogen-bond donors (Lipinski definition) is 0. The Balaban J connectivity index is 2.14. The predicted molar refractivity (Wildman–Crippen MR) is 108 cm³/mol. The van der Waals surface area contributed by atoms with Crippen molar-refractivity contribution in [1.82, 2.24) is 0 Å². The molecule has 28 heavy (non-hydrogen) atoms. The zero-order valence-corrected chi connectivity index (χ0v) is 17.3. The summed E-state index contributed by atoms with van der Waals surface area (Å²) in [6.45, 7) is 8.80. The molecule has 0 unspecified atom stereocenters. The summed E-state index contributed by atoms with van der Waals surface area (Å²) >= 11 is 0. The van der Waals surface area contributed by atoms with E-state index in [-0.39, 0.29) is 6.42 Å². The largest absolute Gasteiger partial charge is 0.394 e. The third kappa shape index (κ3) is 3.65. The number of aryl methyl sites for hydroxylation is 3. The van der Waals surface area contributed by atoms with Crippen molar-refractivity contribution in [3.8, 4) is 11.3 Å². The number of hydrogen-bond acceptors (Lipinski definition) is 0. The van der Waals surface area contributed by atoms with Gasteiger partial charge in [-0.2, -0.15) is 17.7 Å². The zero-order chi connectivity index (χ0) is 20.9. The van der Waals surface area contributed by atoms with Crippen molar-refractivity contribution in [3.63, 3.8) is 0 Å². The van der Waals surface area contributed by atoms with Gasteiger partial charge in [-0.05, 0) is 62.1 Å². The second kappa shape index (κ2) is 6.91. The second-order valence-corrected chi connectivity index (χ2v) is 8.48. The molecule has 0 amide bonds. The van der Waals surface area contributed by atoms with Crippen LogP contribution in [0.3, 0.4) is 0 Å². The maximum atomic E-state index is 13.3. The highest BCUT2D eigenvalue weighted by Crippen LogP contribution is 2.40. The Hall–Kier alpha value is -2.36. The summed E-state index contributed by atoms with van der Waals surface area (Å²) in [7, 11) is 1.98. The van der Waals surface area contributed by atoms with Gasteiger partial charge in [0.05, 0.1) is 5.41 Å². The van der Waals surface area contributed by atoms with Crippen LogP contribution in [0.4, 0.5) is 13.2 Å². The number of benzene rings is 2. The molecule has 1 nitrogen and oxygen atoms in total. The van der Waals surface area contributed by atoms with Crippen LogP contribution in [0, 0.1) is 26.2 Å². The van der Waals surface area contributed by atoms with Crippen molar-refractivity contribution in [2.24, 2.45) is 12.5 Å². The minimum Gasteiger partial charge on any atom is -0.194 e.